The van der Waals surface area contributed by atoms with Crippen LogP contribution in [-0.4, -0.2) is 0 Å². The number of hydrogen-bond donors (Lipinski definition) is 0. The molecular weight excluding hydrogens is 160 g/mol. The van der Waals surface area contributed by atoms with Gasteiger partial charge in [-0.1, -0.05) is 38.8 Å². The molecule has 0 radical (unpaired) electrons. The summed E-state index contributed by atoms with van der Waals surface area (Å²) in [5.74, 6) is 2.35. The number of hydrogen-bond acceptors (Lipinski definition) is 1. The Morgan fingerprint density at radius 3 is 1.77 bits per heavy atom. The summed E-state index contributed by atoms with van der Waals surface area (Å²) in [4.78, 5) is 0. The molecule has 70 valence electrons. The van der Waals surface area contributed by atoms with Gasteiger partial charge in [0, 0.05) is 0 Å². The molecule has 0 saturated heterocycles. The van der Waals surface area contributed by atoms with E-state index >= 15 is 0 Å². The molecule has 1 heterocycles. The molecule has 0 saturated carbocycles. The highest BCUT2D eigenvalue weighted by molar-refractivity contribution is 5.63. The third-order valence-corrected chi connectivity index (χ3v) is 2.48. The van der Waals surface area contributed by atoms with Gasteiger partial charge in [-0.2, -0.15) is 0 Å². The predicted molar refractivity (Wildman–Crippen MR) is 54.5 cm³/mol. The lowest BCUT2D eigenvalue weighted by atomic mass is 10.1. The lowest BCUT2D eigenvalue weighted by Crippen LogP contribution is -1.81. The van der Waals surface area contributed by atoms with Gasteiger partial charge in [-0.3, -0.25) is 0 Å². The second kappa shape index (κ2) is 3.41. The Morgan fingerprint density at radius 1 is 0.923 bits per heavy atom. The maximum atomic E-state index is 5.50. The zero-order valence-electron chi connectivity index (χ0n) is 8.39. The van der Waals surface area contributed by atoms with Crippen molar-refractivity contribution < 1.29 is 4.74 Å². The molecule has 1 aliphatic heterocycles. The molecule has 0 spiro atoms. The summed E-state index contributed by atoms with van der Waals surface area (Å²) in [7, 11) is 0. The summed E-state index contributed by atoms with van der Waals surface area (Å²) in [6.07, 6.45) is 4.69. The van der Waals surface area contributed by atoms with Crippen LogP contribution < -0.4 is 4.74 Å². The van der Waals surface area contributed by atoms with Crippen LogP contribution in [0.5, 0.6) is 11.5 Å². The molecular formula is C12H16O. The van der Waals surface area contributed by atoms with Crippen molar-refractivity contribution in [2.75, 3.05) is 0 Å². The number of benzene rings is 1. The van der Waals surface area contributed by atoms with Gasteiger partial charge in [-0.05, 0) is 24.0 Å². The van der Waals surface area contributed by atoms with E-state index in [9.17, 15) is 0 Å². The number of fused-ring (bicyclic) bond motifs is 1. The molecule has 1 heteroatoms. The minimum absolute atomic E-state index is 1.15. The number of aryl methyl sites for hydroxylation is 2. The van der Waals surface area contributed by atoms with Crippen LogP contribution in [0.25, 0.3) is 0 Å². The van der Waals surface area contributed by atoms with Crippen LogP contribution in [0.15, 0.2) is 12.1 Å². The standard InChI is InChI=1S/C12H16O/c1-3-5-9-7-8-10(6-4-2)12-11(9)13-12/h7-8H,3-6H2,1-2H3. The predicted octanol–water partition coefficient (Wildman–Crippen LogP) is 3.70. The van der Waals surface area contributed by atoms with Crippen molar-refractivity contribution >= 4 is 0 Å². The van der Waals surface area contributed by atoms with Crippen LogP contribution in [0.3, 0.4) is 0 Å². The molecule has 13 heavy (non-hydrogen) atoms. The smallest absolute Gasteiger partial charge is 0.173 e. The quantitative estimate of drug-likeness (QED) is 0.647. The molecule has 0 unspecified atom stereocenters. The van der Waals surface area contributed by atoms with Gasteiger partial charge >= 0.3 is 0 Å². The van der Waals surface area contributed by atoms with Crippen LogP contribution >= 0.6 is 0 Å². The summed E-state index contributed by atoms with van der Waals surface area (Å²) < 4.78 is 5.50. The topological polar surface area (TPSA) is 12.5 Å². The first-order valence-corrected chi connectivity index (χ1v) is 5.19. The van der Waals surface area contributed by atoms with Gasteiger partial charge in [0.25, 0.3) is 0 Å². The Kier molecular flexibility index (Phi) is 2.26. The summed E-state index contributed by atoms with van der Waals surface area (Å²) >= 11 is 0. The lowest BCUT2D eigenvalue weighted by Gasteiger charge is -1.95. The highest BCUT2D eigenvalue weighted by atomic mass is 16.6. The van der Waals surface area contributed by atoms with Gasteiger partial charge in [0.05, 0.1) is 0 Å². The van der Waals surface area contributed by atoms with Gasteiger partial charge in [-0.25, -0.2) is 0 Å². The molecule has 1 aromatic rings. The molecule has 0 aliphatic carbocycles. The number of rotatable bonds is 4. The summed E-state index contributed by atoms with van der Waals surface area (Å²) in [5.41, 5.74) is 2.77. The van der Waals surface area contributed by atoms with Crippen LogP contribution in [-0.2, 0) is 12.8 Å². The van der Waals surface area contributed by atoms with Crippen LogP contribution in [0.2, 0.25) is 0 Å². The first kappa shape index (κ1) is 8.61. The van der Waals surface area contributed by atoms with E-state index in [-0.39, 0.29) is 0 Å². The van der Waals surface area contributed by atoms with Gasteiger partial charge in [-0.15, -0.1) is 0 Å². The second-order valence-electron chi connectivity index (χ2n) is 3.64. The summed E-state index contributed by atoms with van der Waals surface area (Å²) in [6.45, 7) is 4.41. The first-order chi connectivity index (χ1) is 6.36. The fraction of sp³-hybridized carbons (Fsp3) is 0.500. The van der Waals surface area contributed by atoms with Crippen molar-refractivity contribution in [1.82, 2.24) is 0 Å². The normalized spacial score (nSPS) is 12.2. The highest BCUT2D eigenvalue weighted by Crippen LogP contribution is 2.51. The molecule has 1 aliphatic rings. The minimum atomic E-state index is 1.15. The molecule has 1 aromatic carbocycles. The van der Waals surface area contributed by atoms with Gasteiger partial charge in [0.15, 0.2) is 11.5 Å². The molecule has 0 bridgehead atoms. The Morgan fingerprint density at radius 2 is 1.38 bits per heavy atom. The van der Waals surface area contributed by atoms with E-state index in [0.717, 1.165) is 12.8 Å². The van der Waals surface area contributed by atoms with Crippen molar-refractivity contribution in [3.8, 4) is 11.5 Å². The maximum absolute atomic E-state index is 5.50. The highest BCUT2D eigenvalue weighted by Gasteiger charge is 2.27. The van der Waals surface area contributed by atoms with E-state index in [1.807, 2.05) is 0 Å². The zero-order valence-corrected chi connectivity index (χ0v) is 8.39. The van der Waals surface area contributed by atoms with Crippen molar-refractivity contribution in [2.45, 2.75) is 39.5 Å². The third-order valence-electron chi connectivity index (χ3n) is 2.48. The fourth-order valence-electron chi connectivity index (χ4n) is 1.78. The van der Waals surface area contributed by atoms with E-state index in [4.69, 9.17) is 4.74 Å². The van der Waals surface area contributed by atoms with Crippen molar-refractivity contribution in [3.05, 3.63) is 23.3 Å². The van der Waals surface area contributed by atoms with Gasteiger partial charge in [0.1, 0.15) is 0 Å². The van der Waals surface area contributed by atoms with Gasteiger partial charge < -0.3 is 4.74 Å². The van der Waals surface area contributed by atoms with Crippen LogP contribution in [0.1, 0.15) is 37.8 Å². The fourth-order valence-corrected chi connectivity index (χ4v) is 1.78. The molecule has 1 nitrogen and oxygen atoms in total. The van der Waals surface area contributed by atoms with Gasteiger partial charge in [0.2, 0.25) is 0 Å². The minimum Gasteiger partial charge on any atom is -0.449 e. The van der Waals surface area contributed by atoms with E-state index in [2.05, 4.69) is 26.0 Å². The first-order valence-electron chi connectivity index (χ1n) is 5.19. The summed E-state index contributed by atoms with van der Waals surface area (Å²) in [6, 6.07) is 4.45. The van der Waals surface area contributed by atoms with Crippen LogP contribution in [0, 0.1) is 0 Å². The molecule has 2 rings (SSSR count). The van der Waals surface area contributed by atoms with Crippen molar-refractivity contribution in [2.24, 2.45) is 0 Å². The summed E-state index contributed by atoms with van der Waals surface area (Å²) in [5, 5.41) is 0. The Hall–Kier alpha value is -0.980. The average Bonchev–Trinajstić information content (AvgIpc) is 2.89. The SMILES string of the molecule is CCCc1ccc(CCC)c2c1O2. The van der Waals surface area contributed by atoms with E-state index in [0.29, 0.717) is 0 Å². The molecule has 0 aromatic heterocycles. The monoisotopic (exact) mass is 176 g/mol. The van der Waals surface area contributed by atoms with E-state index in [1.165, 1.54) is 35.5 Å². The largest absolute Gasteiger partial charge is 0.449 e. The van der Waals surface area contributed by atoms with Crippen molar-refractivity contribution in [3.63, 3.8) is 0 Å². The van der Waals surface area contributed by atoms with E-state index < -0.39 is 0 Å². The van der Waals surface area contributed by atoms with Crippen LogP contribution in [0.4, 0.5) is 0 Å². The molecule has 0 amide bonds. The second-order valence-corrected chi connectivity index (χ2v) is 3.64. The maximum Gasteiger partial charge on any atom is 0.173 e. The number of ether oxygens (including phenoxy) is 1. The average molecular weight is 176 g/mol. The Bertz CT molecular complexity index is 284. The lowest BCUT2D eigenvalue weighted by molar-refractivity contribution is 0.636. The zero-order chi connectivity index (χ0) is 9.26. The third kappa shape index (κ3) is 1.55. The Labute approximate surface area is 79.7 Å². The van der Waals surface area contributed by atoms with Crippen molar-refractivity contribution in [1.29, 1.82) is 0 Å². The molecule has 0 N–H and O–H groups in total. The molecule has 0 fully saturated rings. The molecule has 0 atom stereocenters. The Balaban J connectivity index is 2.20. The van der Waals surface area contributed by atoms with E-state index in [1.54, 1.807) is 0 Å².